The van der Waals surface area contributed by atoms with Crippen molar-refractivity contribution in [2.75, 3.05) is 32.2 Å². The highest BCUT2D eigenvalue weighted by Crippen LogP contribution is 2.45. The average Bonchev–Trinajstić information content (AvgIpc) is 2.92. The summed E-state index contributed by atoms with van der Waals surface area (Å²) in [5, 5.41) is 3.43. The predicted octanol–water partition coefficient (Wildman–Crippen LogP) is 2.02. The first-order chi connectivity index (χ1) is 6.33. The van der Waals surface area contributed by atoms with Gasteiger partial charge in [0.1, 0.15) is 0 Å². The maximum absolute atomic E-state index is 5.85. The lowest BCUT2D eigenvalue weighted by Gasteiger charge is -2.11. The predicted molar refractivity (Wildman–Crippen MR) is 56.4 cm³/mol. The molecule has 3 heteroatoms. The Morgan fingerprint density at radius 1 is 1.46 bits per heavy atom. The molecule has 1 aliphatic carbocycles. The number of nitrogens with one attached hydrogen (secondary N) is 1. The molecule has 1 N–H and O–H groups in total. The van der Waals surface area contributed by atoms with Crippen molar-refractivity contribution in [2.24, 2.45) is 5.41 Å². The number of halogens is 1. The summed E-state index contributed by atoms with van der Waals surface area (Å²) in [6.45, 7) is 5.87. The third-order valence-corrected chi connectivity index (χ3v) is 3.15. The SMILES string of the molecule is CCOCCCNCC1(CCl)CC1. The first-order valence-electron chi connectivity index (χ1n) is 5.17. The summed E-state index contributed by atoms with van der Waals surface area (Å²) in [5.74, 6) is 0.811. The van der Waals surface area contributed by atoms with E-state index in [1.807, 2.05) is 6.92 Å². The van der Waals surface area contributed by atoms with Gasteiger partial charge in [-0.15, -0.1) is 11.6 Å². The molecular formula is C10H20ClNO. The Kier molecular flexibility index (Phi) is 5.07. The van der Waals surface area contributed by atoms with Crippen LogP contribution in [0.5, 0.6) is 0 Å². The van der Waals surface area contributed by atoms with Gasteiger partial charge in [-0.3, -0.25) is 0 Å². The molecule has 0 radical (unpaired) electrons. The van der Waals surface area contributed by atoms with Gasteiger partial charge in [-0.2, -0.15) is 0 Å². The van der Waals surface area contributed by atoms with Crippen molar-refractivity contribution < 1.29 is 4.74 Å². The number of rotatable bonds is 8. The molecule has 0 heterocycles. The molecule has 0 amide bonds. The quantitative estimate of drug-likeness (QED) is 0.484. The van der Waals surface area contributed by atoms with Gasteiger partial charge in [0.2, 0.25) is 0 Å². The lowest BCUT2D eigenvalue weighted by molar-refractivity contribution is 0.144. The van der Waals surface area contributed by atoms with Crippen LogP contribution >= 0.6 is 11.6 Å². The molecule has 0 aromatic rings. The van der Waals surface area contributed by atoms with Crippen LogP contribution in [-0.4, -0.2) is 32.2 Å². The normalized spacial score (nSPS) is 18.9. The van der Waals surface area contributed by atoms with Crippen LogP contribution in [0.1, 0.15) is 26.2 Å². The lowest BCUT2D eigenvalue weighted by Crippen LogP contribution is -2.26. The van der Waals surface area contributed by atoms with Crippen LogP contribution in [0.15, 0.2) is 0 Å². The van der Waals surface area contributed by atoms with Crippen LogP contribution in [0.3, 0.4) is 0 Å². The molecule has 13 heavy (non-hydrogen) atoms. The number of alkyl halides is 1. The molecule has 0 unspecified atom stereocenters. The van der Waals surface area contributed by atoms with Crippen LogP contribution in [-0.2, 0) is 4.74 Å². The molecule has 0 aliphatic heterocycles. The standard InChI is InChI=1S/C10H20ClNO/c1-2-13-7-3-6-12-9-10(8-11)4-5-10/h12H,2-9H2,1H3. The summed E-state index contributed by atoms with van der Waals surface area (Å²) in [7, 11) is 0. The van der Waals surface area contributed by atoms with E-state index in [1.54, 1.807) is 0 Å². The van der Waals surface area contributed by atoms with Crippen molar-refractivity contribution in [2.45, 2.75) is 26.2 Å². The van der Waals surface area contributed by atoms with Gasteiger partial charge in [-0.05, 0) is 38.1 Å². The van der Waals surface area contributed by atoms with Crippen molar-refractivity contribution in [1.29, 1.82) is 0 Å². The Bertz CT molecular complexity index is 137. The van der Waals surface area contributed by atoms with Gasteiger partial charge in [-0.25, -0.2) is 0 Å². The molecule has 1 aliphatic rings. The first kappa shape index (κ1) is 11.3. The minimum absolute atomic E-state index is 0.452. The van der Waals surface area contributed by atoms with Crippen molar-refractivity contribution in [1.82, 2.24) is 5.32 Å². The molecular weight excluding hydrogens is 186 g/mol. The molecule has 1 rings (SSSR count). The Morgan fingerprint density at radius 2 is 2.23 bits per heavy atom. The zero-order valence-electron chi connectivity index (χ0n) is 8.44. The van der Waals surface area contributed by atoms with Gasteiger partial charge < -0.3 is 10.1 Å². The van der Waals surface area contributed by atoms with Crippen LogP contribution in [0.2, 0.25) is 0 Å². The Hall–Kier alpha value is 0.210. The largest absolute Gasteiger partial charge is 0.382 e. The van der Waals surface area contributed by atoms with Gasteiger partial charge in [0, 0.05) is 25.6 Å². The fourth-order valence-electron chi connectivity index (χ4n) is 1.33. The maximum Gasteiger partial charge on any atom is 0.0477 e. The summed E-state index contributed by atoms with van der Waals surface area (Å²) in [6.07, 6.45) is 3.70. The van der Waals surface area contributed by atoms with E-state index >= 15 is 0 Å². The van der Waals surface area contributed by atoms with E-state index in [0.29, 0.717) is 5.41 Å². The number of hydrogen-bond donors (Lipinski definition) is 1. The zero-order valence-corrected chi connectivity index (χ0v) is 9.20. The smallest absolute Gasteiger partial charge is 0.0477 e. The second-order valence-corrected chi connectivity index (χ2v) is 4.13. The molecule has 2 nitrogen and oxygen atoms in total. The fraction of sp³-hybridized carbons (Fsp3) is 1.00. The van der Waals surface area contributed by atoms with E-state index in [1.165, 1.54) is 12.8 Å². The summed E-state index contributed by atoms with van der Waals surface area (Å²) in [4.78, 5) is 0. The van der Waals surface area contributed by atoms with Crippen molar-refractivity contribution >= 4 is 11.6 Å². The third-order valence-electron chi connectivity index (χ3n) is 2.59. The Labute approximate surface area is 86.0 Å². The molecule has 0 aromatic heterocycles. The van der Waals surface area contributed by atoms with E-state index in [4.69, 9.17) is 16.3 Å². The van der Waals surface area contributed by atoms with Gasteiger partial charge in [0.05, 0.1) is 0 Å². The lowest BCUT2D eigenvalue weighted by atomic mass is 10.1. The average molecular weight is 206 g/mol. The molecule has 0 aromatic carbocycles. The third kappa shape index (κ3) is 4.30. The highest BCUT2D eigenvalue weighted by atomic mass is 35.5. The van der Waals surface area contributed by atoms with E-state index in [-0.39, 0.29) is 0 Å². The highest BCUT2D eigenvalue weighted by Gasteiger charge is 2.40. The van der Waals surface area contributed by atoms with Crippen LogP contribution in [0.4, 0.5) is 0 Å². The molecule has 0 atom stereocenters. The van der Waals surface area contributed by atoms with E-state index in [2.05, 4.69) is 5.32 Å². The maximum atomic E-state index is 5.85. The topological polar surface area (TPSA) is 21.3 Å². The van der Waals surface area contributed by atoms with Gasteiger partial charge in [0.25, 0.3) is 0 Å². The van der Waals surface area contributed by atoms with E-state index < -0.39 is 0 Å². The minimum Gasteiger partial charge on any atom is -0.382 e. The summed E-state index contributed by atoms with van der Waals surface area (Å²) in [5.41, 5.74) is 0.452. The highest BCUT2D eigenvalue weighted by molar-refractivity contribution is 6.18. The zero-order chi connectivity index (χ0) is 9.57. The van der Waals surface area contributed by atoms with Crippen LogP contribution in [0.25, 0.3) is 0 Å². The number of ether oxygens (including phenoxy) is 1. The molecule has 78 valence electrons. The second-order valence-electron chi connectivity index (χ2n) is 3.86. The van der Waals surface area contributed by atoms with Gasteiger partial charge in [-0.1, -0.05) is 0 Å². The Balaban J connectivity index is 1.84. The minimum atomic E-state index is 0.452. The molecule has 1 fully saturated rings. The Morgan fingerprint density at radius 3 is 2.77 bits per heavy atom. The first-order valence-corrected chi connectivity index (χ1v) is 5.71. The van der Waals surface area contributed by atoms with Crippen molar-refractivity contribution in [3.8, 4) is 0 Å². The molecule has 0 spiro atoms. The van der Waals surface area contributed by atoms with Crippen molar-refractivity contribution in [3.05, 3.63) is 0 Å². The van der Waals surface area contributed by atoms with Crippen molar-refractivity contribution in [3.63, 3.8) is 0 Å². The fourth-order valence-corrected chi connectivity index (χ4v) is 1.69. The van der Waals surface area contributed by atoms with E-state index in [9.17, 15) is 0 Å². The summed E-state index contributed by atoms with van der Waals surface area (Å²) >= 11 is 5.85. The number of hydrogen-bond acceptors (Lipinski definition) is 2. The summed E-state index contributed by atoms with van der Waals surface area (Å²) < 4.78 is 5.24. The summed E-state index contributed by atoms with van der Waals surface area (Å²) in [6, 6.07) is 0. The molecule has 0 saturated heterocycles. The monoisotopic (exact) mass is 205 g/mol. The van der Waals surface area contributed by atoms with Gasteiger partial charge in [0.15, 0.2) is 0 Å². The molecule has 0 bridgehead atoms. The second kappa shape index (κ2) is 5.84. The van der Waals surface area contributed by atoms with Gasteiger partial charge >= 0.3 is 0 Å². The molecule has 1 saturated carbocycles. The van der Waals surface area contributed by atoms with Crippen LogP contribution in [0, 0.1) is 5.41 Å². The van der Waals surface area contributed by atoms with Crippen LogP contribution < -0.4 is 5.32 Å². The van der Waals surface area contributed by atoms with E-state index in [0.717, 1.165) is 38.6 Å².